The average Bonchev–Trinajstić information content (AvgIpc) is 2.89. The van der Waals surface area contributed by atoms with E-state index in [1.165, 1.54) is 26.6 Å². The van der Waals surface area contributed by atoms with Gasteiger partial charge in [0.2, 0.25) is 0 Å². The second-order valence-electron chi connectivity index (χ2n) is 4.03. The monoisotopic (exact) mass is 284 g/mol. The van der Waals surface area contributed by atoms with Crippen LogP contribution in [0, 0.1) is 0 Å². The Morgan fingerprint density at radius 3 is 2.65 bits per heavy atom. The molecule has 0 bridgehead atoms. The number of aromatic amines is 1. The van der Waals surface area contributed by atoms with Crippen LogP contribution in [0.4, 0.5) is 4.79 Å². The first-order valence-electron chi connectivity index (χ1n) is 5.79. The van der Waals surface area contributed by atoms with E-state index in [9.17, 15) is 14.4 Å². The van der Waals surface area contributed by atoms with Crippen LogP contribution in [0.5, 0.6) is 0 Å². The molecule has 0 fully saturated rings. The summed E-state index contributed by atoms with van der Waals surface area (Å²) in [5, 5.41) is 13.6. The van der Waals surface area contributed by atoms with Gasteiger partial charge >= 0.3 is 18.0 Å². The second kappa shape index (κ2) is 7.12. The average molecular weight is 284 g/mol. The Balaban J connectivity index is 2.55. The number of rotatable bonds is 6. The van der Waals surface area contributed by atoms with E-state index in [1.54, 1.807) is 0 Å². The van der Waals surface area contributed by atoms with Gasteiger partial charge in [0.15, 0.2) is 0 Å². The van der Waals surface area contributed by atoms with Crippen molar-refractivity contribution in [3.63, 3.8) is 0 Å². The zero-order valence-corrected chi connectivity index (χ0v) is 11.0. The van der Waals surface area contributed by atoms with Gasteiger partial charge in [0.25, 0.3) is 0 Å². The molecule has 9 nitrogen and oxygen atoms in total. The van der Waals surface area contributed by atoms with E-state index < -0.39 is 30.1 Å². The molecule has 2 amide bonds. The number of H-pyrrole nitrogens is 1. The summed E-state index contributed by atoms with van der Waals surface area (Å²) in [4.78, 5) is 40.3. The van der Waals surface area contributed by atoms with Crippen molar-refractivity contribution < 1.29 is 24.2 Å². The maximum atomic E-state index is 11.6. The van der Waals surface area contributed by atoms with Gasteiger partial charge in [-0.3, -0.25) is 0 Å². The van der Waals surface area contributed by atoms with E-state index in [-0.39, 0.29) is 6.42 Å². The number of carbonyl (C=O) groups is 3. The van der Waals surface area contributed by atoms with Crippen LogP contribution in [0.15, 0.2) is 12.5 Å². The summed E-state index contributed by atoms with van der Waals surface area (Å²) in [7, 11) is 1.19. The fourth-order valence-electron chi connectivity index (χ4n) is 1.45. The molecule has 20 heavy (non-hydrogen) atoms. The molecule has 1 unspecified atom stereocenters. The highest BCUT2D eigenvalue weighted by molar-refractivity contribution is 5.86. The summed E-state index contributed by atoms with van der Waals surface area (Å²) in [5.74, 6) is -1.82. The molecule has 0 radical (unpaired) electrons. The summed E-state index contributed by atoms with van der Waals surface area (Å²) in [6, 6.07) is -2.78. The van der Waals surface area contributed by atoms with Gasteiger partial charge in [-0.2, -0.15) is 0 Å². The van der Waals surface area contributed by atoms with Gasteiger partial charge in [0.1, 0.15) is 12.1 Å². The van der Waals surface area contributed by atoms with Crippen molar-refractivity contribution >= 4 is 18.0 Å². The molecular weight excluding hydrogens is 268 g/mol. The topological polar surface area (TPSA) is 133 Å². The summed E-state index contributed by atoms with van der Waals surface area (Å²) in [6.07, 6.45) is 2.93. The summed E-state index contributed by atoms with van der Waals surface area (Å²) >= 11 is 0. The van der Waals surface area contributed by atoms with Crippen LogP contribution < -0.4 is 10.6 Å². The number of imidazole rings is 1. The second-order valence-corrected chi connectivity index (χ2v) is 4.03. The first-order valence-corrected chi connectivity index (χ1v) is 5.79. The Hall–Kier alpha value is -2.58. The van der Waals surface area contributed by atoms with E-state index in [0.29, 0.717) is 5.69 Å². The standard InChI is InChI=1S/C11H16N4O5/c1-6(10(18)20-2)14-11(19)15-8(9(16)17)3-7-4-12-5-13-7/h4-6,8H,3H2,1-2H3,(H,12,13)(H,16,17)(H2,14,15,19)/t6?,8-/m1/s1. The molecule has 2 atom stereocenters. The predicted octanol–water partition coefficient (Wildman–Crippen LogP) is -0.734. The number of carboxylic acid groups (broad SMARTS) is 1. The molecule has 4 N–H and O–H groups in total. The zero-order chi connectivity index (χ0) is 15.1. The summed E-state index contributed by atoms with van der Waals surface area (Å²) < 4.78 is 4.44. The maximum absolute atomic E-state index is 11.6. The van der Waals surface area contributed by atoms with E-state index in [2.05, 4.69) is 25.3 Å². The molecule has 0 aromatic carbocycles. The van der Waals surface area contributed by atoms with Gasteiger partial charge in [-0.1, -0.05) is 0 Å². The molecule has 110 valence electrons. The number of nitrogens with zero attached hydrogens (tertiary/aromatic N) is 1. The lowest BCUT2D eigenvalue weighted by molar-refractivity contribution is -0.142. The highest BCUT2D eigenvalue weighted by atomic mass is 16.5. The van der Waals surface area contributed by atoms with Gasteiger partial charge in [-0.25, -0.2) is 19.4 Å². The molecule has 0 spiro atoms. The largest absolute Gasteiger partial charge is 0.480 e. The van der Waals surface area contributed by atoms with Crippen molar-refractivity contribution in [2.75, 3.05) is 7.11 Å². The van der Waals surface area contributed by atoms with Crippen molar-refractivity contribution in [3.05, 3.63) is 18.2 Å². The first-order chi connectivity index (χ1) is 9.43. The lowest BCUT2D eigenvalue weighted by Gasteiger charge is -2.16. The van der Waals surface area contributed by atoms with Crippen LogP contribution in [0.3, 0.4) is 0 Å². The van der Waals surface area contributed by atoms with Crippen LogP contribution in [0.2, 0.25) is 0 Å². The van der Waals surface area contributed by atoms with E-state index >= 15 is 0 Å². The smallest absolute Gasteiger partial charge is 0.328 e. The van der Waals surface area contributed by atoms with Gasteiger partial charge < -0.3 is 25.5 Å². The Kier molecular flexibility index (Phi) is 5.51. The van der Waals surface area contributed by atoms with Crippen molar-refractivity contribution in [2.45, 2.75) is 25.4 Å². The SMILES string of the molecule is COC(=O)C(C)NC(=O)N[C@H](Cc1cnc[nH]1)C(=O)O. The third-order valence-corrected chi connectivity index (χ3v) is 2.48. The zero-order valence-electron chi connectivity index (χ0n) is 11.0. The molecular formula is C11H16N4O5. The van der Waals surface area contributed by atoms with Crippen LogP contribution in [-0.2, 0) is 20.7 Å². The van der Waals surface area contributed by atoms with Gasteiger partial charge in [-0.15, -0.1) is 0 Å². The van der Waals surface area contributed by atoms with Crippen molar-refractivity contribution in [2.24, 2.45) is 0 Å². The number of carbonyl (C=O) groups excluding carboxylic acids is 2. The number of nitrogens with one attached hydrogen (secondary N) is 3. The Bertz CT molecular complexity index is 473. The minimum absolute atomic E-state index is 0.0510. The number of ether oxygens (including phenoxy) is 1. The predicted molar refractivity (Wildman–Crippen MR) is 66.9 cm³/mol. The number of amides is 2. The maximum Gasteiger partial charge on any atom is 0.328 e. The fraction of sp³-hybridized carbons (Fsp3) is 0.455. The number of hydrogen-bond acceptors (Lipinski definition) is 5. The van der Waals surface area contributed by atoms with Crippen LogP contribution in [0.25, 0.3) is 0 Å². The van der Waals surface area contributed by atoms with E-state index in [4.69, 9.17) is 5.11 Å². The molecule has 1 rings (SSSR count). The number of urea groups is 1. The molecule has 0 aliphatic heterocycles. The van der Waals surface area contributed by atoms with Crippen LogP contribution in [-0.4, -0.2) is 52.2 Å². The van der Waals surface area contributed by atoms with E-state index in [1.807, 2.05) is 0 Å². The normalized spacial score (nSPS) is 13.1. The third kappa shape index (κ3) is 4.59. The molecule has 9 heteroatoms. The number of hydrogen-bond donors (Lipinski definition) is 4. The molecule has 0 saturated carbocycles. The van der Waals surface area contributed by atoms with Crippen LogP contribution >= 0.6 is 0 Å². The number of methoxy groups -OCH3 is 1. The quantitative estimate of drug-likeness (QED) is 0.509. The van der Waals surface area contributed by atoms with Crippen molar-refractivity contribution in [1.82, 2.24) is 20.6 Å². The molecule has 1 aromatic rings. The number of aromatic nitrogens is 2. The van der Waals surface area contributed by atoms with Gasteiger partial charge in [0.05, 0.1) is 13.4 Å². The molecule has 0 aliphatic rings. The summed E-state index contributed by atoms with van der Waals surface area (Å²) in [6.45, 7) is 1.43. The summed E-state index contributed by atoms with van der Waals surface area (Å²) in [5.41, 5.74) is 0.568. The highest BCUT2D eigenvalue weighted by Gasteiger charge is 2.23. The number of esters is 1. The third-order valence-electron chi connectivity index (χ3n) is 2.48. The first kappa shape index (κ1) is 15.5. The Labute approximate surface area is 114 Å². The number of carboxylic acids is 1. The van der Waals surface area contributed by atoms with Crippen molar-refractivity contribution in [1.29, 1.82) is 0 Å². The van der Waals surface area contributed by atoms with Gasteiger partial charge in [-0.05, 0) is 6.92 Å². The molecule has 0 saturated heterocycles. The molecule has 1 heterocycles. The minimum Gasteiger partial charge on any atom is -0.480 e. The minimum atomic E-state index is -1.19. The van der Waals surface area contributed by atoms with E-state index in [0.717, 1.165) is 0 Å². The Morgan fingerprint density at radius 2 is 2.15 bits per heavy atom. The molecule has 0 aliphatic carbocycles. The van der Waals surface area contributed by atoms with Crippen LogP contribution in [0.1, 0.15) is 12.6 Å². The Morgan fingerprint density at radius 1 is 1.45 bits per heavy atom. The lowest BCUT2D eigenvalue weighted by Crippen LogP contribution is -2.51. The molecule has 1 aromatic heterocycles. The number of aliphatic carboxylic acids is 1. The lowest BCUT2D eigenvalue weighted by atomic mass is 10.1. The van der Waals surface area contributed by atoms with Gasteiger partial charge in [0, 0.05) is 18.3 Å². The fourth-order valence-corrected chi connectivity index (χ4v) is 1.45. The van der Waals surface area contributed by atoms with Crippen molar-refractivity contribution in [3.8, 4) is 0 Å². The highest BCUT2D eigenvalue weighted by Crippen LogP contribution is 1.99.